The molecule has 0 bridgehead atoms. The lowest BCUT2D eigenvalue weighted by molar-refractivity contribution is -0.136. The first-order valence-electron chi connectivity index (χ1n) is 19.3. The van der Waals surface area contributed by atoms with E-state index in [2.05, 4.69) is 47.0 Å². The second-order valence-corrected chi connectivity index (χ2v) is 13.3. The first-order chi connectivity index (χ1) is 28.0. The highest BCUT2D eigenvalue weighted by atomic mass is 16.6. The first kappa shape index (κ1) is 41.4. The lowest BCUT2D eigenvalue weighted by Crippen LogP contribution is -2.54. The van der Waals surface area contributed by atoms with Crippen molar-refractivity contribution in [2.45, 2.75) is 24.5 Å². The number of amides is 4. The standard InChI is InChI=1S/C44H49N3O10/c48-39-20-19-38(41(49)46-39)47-42(50)36-17-10-18-37(40(36)43(47)51)45-21-22-52-23-24-53-25-26-54-27-28-55-29-30-56-31-32-57-44(33-11-4-1-5-12-33,34-13-6-2-7-14-34)35-15-8-3-9-16-35/h1-18,38,45H,19-32H2,(H,46,48,49). The summed E-state index contributed by atoms with van der Waals surface area (Å²) < 4.78 is 35.0. The zero-order valence-electron chi connectivity index (χ0n) is 31.9. The summed E-state index contributed by atoms with van der Waals surface area (Å²) in [7, 11) is 0. The van der Waals surface area contributed by atoms with Crippen molar-refractivity contribution in [2.24, 2.45) is 0 Å². The number of hydrogen-bond donors (Lipinski definition) is 2. The number of benzene rings is 4. The number of imide groups is 2. The average Bonchev–Trinajstić information content (AvgIpc) is 3.50. The van der Waals surface area contributed by atoms with E-state index in [0.29, 0.717) is 84.9 Å². The molecule has 4 aromatic carbocycles. The Kier molecular flexibility index (Phi) is 15.5. The predicted octanol–water partition coefficient (Wildman–Crippen LogP) is 4.59. The van der Waals surface area contributed by atoms with E-state index in [-0.39, 0.29) is 24.0 Å². The molecule has 6 rings (SSSR count). The third-order valence-electron chi connectivity index (χ3n) is 9.61. The van der Waals surface area contributed by atoms with Gasteiger partial charge in [-0.05, 0) is 35.2 Å². The number of carbonyl (C=O) groups is 4. The molecule has 1 unspecified atom stereocenters. The van der Waals surface area contributed by atoms with E-state index in [1.165, 1.54) is 0 Å². The Morgan fingerprint density at radius 3 is 1.53 bits per heavy atom. The van der Waals surface area contributed by atoms with Gasteiger partial charge in [-0.3, -0.25) is 29.4 Å². The molecule has 1 atom stereocenters. The second kappa shape index (κ2) is 21.3. The van der Waals surface area contributed by atoms with E-state index in [9.17, 15) is 19.2 Å². The minimum absolute atomic E-state index is 0.0658. The van der Waals surface area contributed by atoms with E-state index in [1.807, 2.05) is 54.6 Å². The number of carbonyl (C=O) groups excluding carboxylic acids is 4. The minimum Gasteiger partial charge on any atom is -0.382 e. The number of hydrogen-bond acceptors (Lipinski definition) is 11. The Bertz CT molecular complexity index is 1810. The predicted molar refractivity (Wildman–Crippen MR) is 211 cm³/mol. The van der Waals surface area contributed by atoms with Crippen molar-refractivity contribution in [3.63, 3.8) is 0 Å². The van der Waals surface area contributed by atoms with Crippen molar-refractivity contribution >= 4 is 29.3 Å². The highest BCUT2D eigenvalue weighted by molar-refractivity contribution is 6.25. The van der Waals surface area contributed by atoms with Crippen molar-refractivity contribution in [1.29, 1.82) is 0 Å². The fourth-order valence-corrected chi connectivity index (χ4v) is 6.92. The number of ether oxygens (including phenoxy) is 6. The zero-order valence-corrected chi connectivity index (χ0v) is 31.9. The molecular formula is C44H49N3O10. The van der Waals surface area contributed by atoms with Gasteiger partial charge in [0.25, 0.3) is 11.8 Å². The van der Waals surface area contributed by atoms with Crippen LogP contribution >= 0.6 is 0 Å². The van der Waals surface area contributed by atoms with Crippen molar-refractivity contribution < 1.29 is 47.6 Å². The lowest BCUT2D eigenvalue weighted by Gasteiger charge is -2.36. The van der Waals surface area contributed by atoms with Gasteiger partial charge in [-0.15, -0.1) is 0 Å². The molecule has 2 N–H and O–H groups in total. The summed E-state index contributed by atoms with van der Waals surface area (Å²) >= 11 is 0. The molecule has 1 saturated heterocycles. The van der Waals surface area contributed by atoms with Crippen LogP contribution in [0.25, 0.3) is 0 Å². The van der Waals surface area contributed by atoms with Gasteiger partial charge < -0.3 is 33.7 Å². The Labute approximate surface area is 332 Å². The van der Waals surface area contributed by atoms with Crippen molar-refractivity contribution in [1.82, 2.24) is 10.2 Å². The zero-order chi connectivity index (χ0) is 39.7. The molecule has 0 aromatic heterocycles. The van der Waals surface area contributed by atoms with Gasteiger partial charge in [0.1, 0.15) is 11.6 Å². The largest absolute Gasteiger partial charge is 0.382 e. The molecule has 2 aliphatic rings. The Balaban J connectivity index is 0.785. The number of nitrogens with one attached hydrogen (secondary N) is 2. The van der Waals surface area contributed by atoms with Crippen LogP contribution < -0.4 is 10.6 Å². The van der Waals surface area contributed by atoms with Crippen LogP contribution in [-0.2, 0) is 43.6 Å². The summed E-state index contributed by atoms with van der Waals surface area (Å²) in [6.45, 7) is 4.87. The fourth-order valence-electron chi connectivity index (χ4n) is 6.92. The SMILES string of the molecule is O=C1CCC(N2C(=O)c3cccc(NCCOCCOCCOCCOCCOCCOC(c4ccccc4)(c4ccccc4)c4ccccc4)c3C2=O)C(=O)N1. The van der Waals surface area contributed by atoms with Gasteiger partial charge in [-0.2, -0.15) is 0 Å². The van der Waals surface area contributed by atoms with Crippen molar-refractivity contribution in [3.05, 3.63) is 137 Å². The highest BCUT2D eigenvalue weighted by Gasteiger charge is 2.45. The van der Waals surface area contributed by atoms with Crippen LogP contribution in [0, 0.1) is 0 Å². The summed E-state index contributed by atoms with van der Waals surface area (Å²) in [5.74, 6) is -2.16. The van der Waals surface area contributed by atoms with Crippen LogP contribution in [0.3, 0.4) is 0 Å². The average molecular weight is 780 g/mol. The molecule has 4 aromatic rings. The van der Waals surface area contributed by atoms with Crippen LogP contribution in [0.4, 0.5) is 5.69 Å². The summed E-state index contributed by atoms with van der Waals surface area (Å²) in [6.07, 6.45) is 0.169. The maximum Gasteiger partial charge on any atom is 0.264 e. The molecule has 0 spiro atoms. The molecule has 0 aliphatic carbocycles. The highest BCUT2D eigenvalue weighted by Crippen LogP contribution is 2.40. The van der Waals surface area contributed by atoms with E-state index in [1.54, 1.807) is 18.2 Å². The van der Waals surface area contributed by atoms with Crippen LogP contribution in [0.5, 0.6) is 0 Å². The summed E-state index contributed by atoms with van der Waals surface area (Å²) in [4.78, 5) is 51.0. The maximum atomic E-state index is 13.2. The van der Waals surface area contributed by atoms with Gasteiger partial charge in [0.05, 0.1) is 83.8 Å². The monoisotopic (exact) mass is 779 g/mol. The normalized spacial score (nSPS) is 15.5. The molecule has 300 valence electrons. The molecule has 0 saturated carbocycles. The molecule has 13 heteroatoms. The van der Waals surface area contributed by atoms with Gasteiger partial charge in [0.2, 0.25) is 11.8 Å². The van der Waals surface area contributed by atoms with Crippen LogP contribution in [-0.4, -0.2) is 114 Å². The number of anilines is 1. The van der Waals surface area contributed by atoms with Gasteiger partial charge >= 0.3 is 0 Å². The van der Waals surface area contributed by atoms with E-state index >= 15 is 0 Å². The second-order valence-electron chi connectivity index (χ2n) is 13.3. The molecule has 4 amide bonds. The molecule has 0 radical (unpaired) electrons. The lowest BCUT2D eigenvalue weighted by atomic mass is 9.80. The van der Waals surface area contributed by atoms with E-state index < -0.39 is 35.3 Å². The summed E-state index contributed by atoms with van der Waals surface area (Å²) in [5, 5.41) is 5.35. The van der Waals surface area contributed by atoms with Crippen molar-refractivity contribution in [2.75, 3.05) is 84.5 Å². The van der Waals surface area contributed by atoms with Gasteiger partial charge in [-0.1, -0.05) is 97.1 Å². The minimum atomic E-state index is -1.01. The van der Waals surface area contributed by atoms with Crippen LogP contribution in [0.1, 0.15) is 50.2 Å². The number of rotatable bonds is 24. The van der Waals surface area contributed by atoms with Gasteiger partial charge in [0, 0.05) is 18.7 Å². The first-order valence-corrected chi connectivity index (χ1v) is 19.3. The van der Waals surface area contributed by atoms with Crippen molar-refractivity contribution in [3.8, 4) is 0 Å². The third-order valence-corrected chi connectivity index (χ3v) is 9.61. The van der Waals surface area contributed by atoms with E-state index in [4.69, 9.17) is 28.4 Å². The number of nitrogens with zero attached hydrogens (tertiary/aromatic N) is 1. The molecule has 1 fully saturated rings. The van der Waals surface area contributed by atoms with Gasteiger partial charge in [0.15, 0.2) is 0 Å². The quantitative estimate of drug-likeness (QED) is 0.0584. The topological polar surface area (TPSA) is 151 Å². The Hall–Kier alpha value is -5.28. The Morgan fingerprint density at radius 1 is 0.561 bits per heavy atom. The van der Waals surface area contributed by atoms with Crippen LogP contribution in [0.15, 0.2) is 109 Å². The Morgan fingerprint density at radius 2 is 1.04 bits per heavy atom. The summed E-state index contributed by atoms with van der Waals surface area (Å²) in [6, 6.07) is 34.7. The summed E-state index contributed by atoms with van der Waals surface area (Å²) in [5.41, 5.74) is 3.28. The fraction of sp³-hybridized carbons (Fsp3) is 0.364. The number of fused-ring (bicyclic) bond motifs is 1. The molecule has 57 heavy (non-hydrogen) atoms. The molecule has 2 aliphatic heterocycles. The smallest absolute Gasteiger partial charge is 0.264 e. The number of piperidine rings is 1. The molecule has 13 nitrogen and oxygen atoms in total. The van der Waals surface area contributed by atoms with E-state index in [0.717, 1.165) is 21.6 Å². The van der Waals surface area contributed by atoms with Crippen LogP contribution in [0.2, 0.25) is 0 Å². The van der Waals surface area contributed by atoms with Gasteiger partial charge in [-0.25, -0.2) is 0 Å². The maximum absolute atomic E-state index is 13.2. The molecule has 2 heterocycles. The molecular weight excluding hydrogens is 730 g/mol. The third kappa shape index (κ3) is 10.6.